The van der Waals surface area contributed by atoms with Crippen LogP contribution in [-0.2, 0) is 14.3 Å². The lowest BCUT2D eigenvalue weighted by Gasteiger charge is -2.34. The average Bonchev–Trinajstić information content (AvgIpc) is 2.54. The third kappa shape index (κ3) is 4.24. The Hall–Kier alpha value is -1.67. The molecule has 0 aromatic carbocycles. The van der Waals surface area contributed by atoms with Gasteiger partial charge in [0.05, 0.1) is 24.0 Å². The second-order valence-electron chi connectivity index (χ2n) is 6.28. The van der Waals surface area contributed by atoms with E-state index >= 15 is 0 Å². The van der Waals surface area contributed by atoms with Gasteiger partial charge in [-0.1, -0.05) is 17.7 Å². The van der Waals surface area contributed by atoms with Crippen molar-refractivity contribution in [2.45, 2.75) is 50.3 Å². The number of carbonyl (C=O) groups excluding carboxylic acids is 1. The van der Waals surface area contributed by atoms with Gasteiger partial charge in [0.2, 0.25) is 11.9 Å². The highest BCUT2D eigenvalue weighted by molar-refractivity contribution is 6.29. The molecule has 5 unspecified atom stereocenters. The highest BCUT2D eigenvalue weighted by atomic mass is 35.5. The van der Waals surface area contributed by atoms with Gasteiger partial charge >= 0.3 is 5.97 Å². The molecule has 0 saturated heterocycles. The predicted molar refractivity (Wildman–Crippen MR) is 85.1 cm³/mol. The number of carboxylic acids is 1. The summed E-state index contributed by atoms with van der Waals surface area (Å²) in [4.78, 5) is 34.5. The van der Waals surface area contributed by atoms with Crippen molar-refractivity contribution >= 4 is 23.5 Å². The number of hydrogen-bond acceptors (Lipinski definition) is 5. The lowest BCUT2D eigenvalue weighted by molar-refractivity contribution is -0.528. The van der Waals surface area contributed by atoms with Crippen LogP contribution in [0.1, 0.15) is 32.1 Å². The van der Waals surface area contributed by atoms with Gasteiger partial charge in [0.15, 0.2) is 0 Å². The molecule has 0 heterocycles. The molecule has 0 aromatic heterocycles. The molecule has 9 heteroatoms. The Kier molecular flexibility index (Phi) is 6.17. The first kappa shape index (κ1) is 18.7. The Labute approximate surface area is 144 Å². The maximum atomic E-state index is 12.6. The molecule has 1 fully saturated rings. The summed E-state index contributed by atoms with van der Waals surface area (Å²) in [5.74, 6) is -2.98. The zero-order chi connectivity index (χ0) is 17.9. The Balaban J connectivity index is 2.03. The zero-order valence-corrected chi connectivity index (χ0v) is 14.1. The van der Waals surface area contributed by atoms with Crippen LogP contribution in [0.25, 0.3) is 0 Å². The van der Waals surface area contributed by atoms with E-state index in [1.807, 2.05) is 0 Å². The van der Waals surface area contributed by atoms with Crippen molar-refractivity contribution in [1.82, 2.24) is 5.32 Å². The minimum absolute atomic E-state index is 0.187. The van der Waals surface area contributed by atoms with Crippen LogP contribution in [0, 0.1) is 22.0 Å². The SMILES string of the molecule is COC1CC([N+](=O)[O-])CCC1NC(=O)C1CC(Cl)=CCC1C(=O)O. The number of nitrogens with zero attached hydrogens (tertiary/aromatic N) is 1. The fourth-order valence-electron chi connectivity index (χ4n) is 3.42. The van der Waals surface area contributed by atoms with Crippen LogP contribution in [0.4, 0.5) is 0 Å². The van der Waals surface area contributed by atoms with Gasteiger partial charge in [0.25, 0.3) is 0 Å². The molecule has 8 nitrogen and oxygen atoms in total. The van der Waals surface area contributed by atoms with E-state index < -0.39 is 30.0 Å². The molecule has 1 saturated carbocycles. The van der Waals surface area contributed by atoms with Crippen LogP contribution >= 0.6 is 11.6 Å². The summed E-state index contributed by atoms with van der Waals surface area (Å²) >= 11 is 5.97. The lowest BCUT2D eigenvalue weighted by atomic mass is 9.81. The molecule has 0 aromatic rings. The number of ether oxygens (including phenoxy) is 1. The van der Waals surface area contributed by atoms with Crippen LogP contribution < -0.4 is 5.32 Å². The number of aliphatic carboxylic acids is 1. The molecule has 0 radical (unpaired) electrons. The smallest absolute Gasteiger partial charge is 0.307 e. The number of methoxy groups -OCH3 is 1. The van der Waals surface area contributed by atoms with Crippen LogP contribution in [0.3, 0.4) is 0 Å². The van der Waals surface area contributed by atoms with E-state index in [9.17, 15) is 24.8 Å². The Bertz CT molecular complexity index is 552. The van der Waals surface area contributed by atoms with Gasteiger partial charge < -0.3 is 15.2 Å². The molecule has 0 bridgehead atoms. The first-order chi connectivity index (χ1) is 11.3. The van der Waals surface area contributed by atoms with E-state index in [1.165, 1.54) is 7.11 Å². The standard InChI is InChI=1S/C15H21ClN2O6/c1-24-13-7-9(18(22)23)3-5-12(13)17-14(19)11-6-8(16)2-4-10(11)15(20)21/h2,9-13H,3-7H2,1H3,(H,17,19)(H,20,21). The third-order valence-corrected chi connectivity index (χ3v) is 5.15. The van der Waals surface area contributed by atoms with Crippen molar-refractivity contribution in [3.63, 3.8) is 0 Å². The van der Waals surface area contributed by atoms with Crippen LogP contribution in [0.15, 0.2) is 11.1 Å². The van der Waals surface area contributed by atoms with Gasteiger partial charge in [-0.15, -0.1) is 0 Å². The van der Waals surface area contributed by atoms with Crippen LogP contribution in [0.2, 0.25) is 0 Å². The number of nitro groups is 1. The maximum absolute atomic E-state index is 12.6. The van der Waals surface area contributed by atoms with E-state index in [0.717, 1.165) is 0 Å². The molecular weight excluding hydrogens is 340 g/mol. The molecule has 24 heavy (non-hydrogen) atoms. The van der Waals surface area contributed by atoms with E-state index in [1.54, 1.807) is 6.08 Å². The number of allylic oxidation sites excluding steroid dienone is 2. The zero-order valence-electron chi connectivity index (χ0n) is 13.3. The topological polar surface area (TPSA) is 119 Å². The van der Waals surface area contributed by atoms with Gasteiger partial charge in [-0.3, -0.25) is 19.7 Å². The molecule has 2 aliphatic rings. The van der Waals surface area contributed by atoms with Crippen LogP contribution in [0.5, 0.6) is 0 Å². The predicted octanol–water partition coefficient (Wildman–Crippen LogP) is 1.55. The monoisotopic (exact) mass is 360 g/mol. The van der Waals surface area contributed by atoms with E-state index in [2.05, 4.69) is 5.32 Å². The van der Waals surface area contributed by atoms with Crippen LogP contribution in [-0.4, -0.2) is 47.2 Å². The van der Waals surface area contributed by atoms with Crippen molar-refractivity contribution in [2.75, 3.05) is 7.11 Å². The molecular formula is C15H21ClN2O6. The summed E-state index contributed by atoms with van der Waals surface area (Å²) in [7, 11) is 1.45. The number of halogens is 1. The van der Waals surface area contributed by atoms with Gasteiger partial charge in [-0.05, 0) is 19.3 Å². The van der Waals surface area contributed by atoms with E-state index in [-0.39, 0.29) is 36.1 Å². The fourth-order valence-corrected chi connectivity index (χ4v) is 3.67. The first-order valence-corrected chi connectivity index (χ1v) is 8.25. The number of hydrogen-bond donors (Lipinski definition) is 2. The van der Waals surface area contributed by atoms with Gasteiger partial charge in [-0.25, -0.2) is 0 Å². The van der Waals surface area contributed by atoms with Crippen molar-refractivity contribution in [2.24, 2.45) is 11.8 Å². The molecule has 5 atom stereocenters. The largest absolute Gasteiger partial charge is 0.481 e. The van der Waals surface area contributed by atoms with E-state index in [0.29, 0.717) is 17.9 Å². The van der Waals surface area contributed by atoms with Gasteiger partial charge in [-0.2, -0.15) is 0 Å². The average molecular weight is 361 g/mol. The van der Waals surface area contributed by atoms with Crippen molar-refractivity contribution in [1.29, 1.82) is 0 Å². The number of rotatable bonds is 5. The van der Waals surface area contributed by atoms with Gasteiger partial charge in [0, 0.05) is 29.9 Å². The van der Waals surface area contributed by atoms with Crippen molar-refractivity contribution < 1.29 is 24.4 Å². The lowest BCUT2D eigenvalue weighted by Crippen LogP contribution is -2.52. The molecule has 0 spiro atoms. The molecule has 0 aliphatic heterocycles. The molecule has 2 rings (SSSR count). The summed E-state index contributed by atoms with van der Waals surface area (Å²) < 4.78 is 5.29. The van der Waals surface area contributed by atoms with Gasteiger partial charge in [0.1, 0.15) is 0 Å². The molecule has 1 amide bonds. The summed E-state index contributed by atoms with van der Waals surface area (Å²) in [6.07, 6.45) is 2.57. The molecule has 2 aliphatic carbocycles. The third-order valence-electron chi connectivity index (χ3n) is 4.84. The summed E-state index contributed by atoms with van der Waals surface area (Å²) in [5, 5.41) is 23.5. The first-order valence-electron chi connectivity index (χ1n) is 7.87. The summed E-state index contributed by atoms with van der Waals surface area (Å²) in [6.45, 7) is 0. The van der Waals surface area contributed by atoms with Crippen molar-refractivity contribution in [3.8, 4) is 0 Å². The Morgan fingerprint density at radius 3 is 2.71 bits per heavy atom. The summed E-state index contributed by atoms with van der Waals surface area (Å²) in [6, 6.07) is -1.04. The second kappa shape index (κ2) is 7.94. The quantitative estimate of drug-likeness (QED) is 0.567. The van der Waals surface area contributed by atoms with E-state index in [4.69, 9.17) is 16.3 Å². The minimum atomic E-state index is -1.03. The Morgan fingerprint density at radius 2 is 2.12 bits per heavy atom. The number of carboxylic acid groups (broad SMARTS) is 1. The Morgan fingerprint density at radius 1 is 1.42 bits per heavy atom. The fraction of sp³-hybridized carbons (Fsp3) is 0.733. The highest BCUT2D eigenvalue weighted by Gasteiger charge is 2.40. The molecule has 2 N–H and O–H groups in total. The minimum Gasteiger partial charge on any atom is -0.481 e. The number of amides is 1. The number of carbonyl (C=O) groups is 2. The summed E-state index contributed by atoms with van der Waals surface area (Å²) in [5.41, 5.74) is 0. The normalized spacial score (nSPS) is 33.4. The highest BCUT2D eigenvalue weighted by Crippen LogP contribution is 2.33. The molecule has 134 valence electrons. The maximum Gasteiger partial charge on any atom is 0.307 e. The van der Waals surface area contributed by atoms with Crippen molar-refractivity contribution in [3.05, 3.63) is 21.2 Å². The second-order valence-corrected chi connectivity index (χ2v) is 6.77. The number of nitrogens with one attached hydrogen (secondary N) is 1.